The van der Waals surface area contributed by atoms with E-state index < -0.39 is 0 Å². The third kappa shape index (κ3) is 2.05. The molecule has 0 atom stereocenters. The van der Waals surface area contributed by atoms with Crippen molar-refractivity contribution in [2.45, 2.75) is 26.7 Å². The zero-order chi connectivity index (χ0) is 10.6. The van der Waals surface area contributed by atoms with Crippen LogP contribution in [0.5, 0.6) is 5.75 Å². The molecule has 0 saturated heterocycles. The van der Waals surface area contributed by atoms with Gasteiger partial charge in [0.15, 0.2) is 0 Å². The Labute approximate surface area is 85.1 Å². The molecule has 2 nitrogen and oxygen atoms in total. The molecule has 0 saturated carbocycles. The molecule has 1 aromatic rings. The second kappa shape index (κ2) is 4.66. The normalized spacial score (nSPS) is 9.93. The van der Waals surface area contributed by atoms with Crippen LogP contribution in [0.3, 0.4) is 0 Å². The summed E-state index contributed by atoms with van der Waals surface area (Å²) < 4.78 is 5.49. The van der Waals surface area contributed by atoms with E-state index in [4.69, 9.17) is 10.00 Å². The summed E-state index contributed by atoms with van der Waals surface area (Å²) >= 11 is 0. The van der Waals surface area contributed by atoms with Crippen LogP contribution in [0, 0.1) is 11.3 Å². The van der Waals surface area contributed by atoms with Crippen molar-refractivity contribution >= 4 is 0 Å². The molecule has 0 heterocycles. The molecule has 0 aliphatic rings. The average molecular weight is 189 g/mol. The summed E-state index contributed by atoms with van der Waals surface area (Å²) in [6.45, 7) is 6.72. The molecule has 0 radical (unpaired) electrons. The van der Waals surface area contributed by atoms with Gasteiger partial charge in [-0.1, -0.05) is 19.9 Å². The van der Waals surface area contributed by atoms with Gasteiger partial charge in [-0.15, -0.1) is 0 Å². The molecule has 0 fully saturated rings. The fraction of sp³-hybridized carbons (Fsp3) is 0.417. The highest BCUT2D eigenvalue weighted by Gasteiger charge is 2.12. The third-order valence-corrected chi connectivity index (χ3v) is 2.06. The van der Waals surface area contributed by atoms with Gasteiger partial charge < -0.3 is 4.74 Å². The van der Waals surface area contributed by atoms with Crippen molar-refractivity contribution in [1.82, 2.24) is 0 Å². The van der Waals surface area contributed by atoms with Gasteiger partial charge in [0, 0.05) is 5.56 Å². The van der Waals surface area contributed by atoms with Crippen molar-refractivity contribution in [3.05, 3.63) is 29.3 Å². The first-order valence-corrected chi connectivity index (χ1v) is 4.86. The van der Waals surface area contributed by atoms with Crippen molar-refractivity contribution < 1.29 is 4.74 Å². The van der Waals surface area contributed by atoms with E-state index in [-0.39, 0.29) is 0 Å². The molecule has 0 aromatic heterocycles. The minimum Gasteiger partial charge on any atom is -0.494 e. The van der Waals surface area contributed by atoms with E-state index in [0.717, 1.165) is 11.3 Å². The van der Waals surface area contributed by atoms with Gasteiger partial charge in [-0.25, -0.2) is 0 Å². The van der Waals surface area contributed by atoms with E-state index in [1.165, 1.54) is 0 Å². The Balaban J connectivity index is 3.22. The molecule has 0 spiro atoms. The Bertz CT molecular complexity index is 350. The number of hydrogen-bond acceptors (Lipinski definition) is 2. The molecule has 1 aromatic carbocycles. The summed E-state index contributed by atoms with van der Waals surface area (Å²) in [5, 5.41) is 8.95. The quantitative estimate of drug-likeness (QED) is 0.732. The lowest BCUT2D eigenvalue weighted by Crippen LogP contribution is -2.00. The van der Waals surface area contributed by atoms with Gasteiger partial charge in [-0.3, -0.25) is 0 Å². The lowest BCUT2D eigenvalue weighted by Gasteiger charge is -2.14. The van der Waals surface area contributed by atoms with Gasteiger partial charge >= 0.3 is 0 Å². The van der Waals surface area contributed by atoms with Crippen molar-refractivity contribution in [3.8, 4) is 11.8 Å². The Hall–Kier alpha value is -1.49. The first-order valence-electron chi connectivity index (χ1n) is 4.86. The predicted octanol–water partition coefficient (Wildman–Crippen LogP) is 3.08. The van der Waals surface area contributed by atoms with Crippen LogP contribution in [0.15, 0.2) is 18.2 Å². The minimum absolute atomic E-state index is 0.312. The highest BCUT2D eigenvalue weighted by molar-refractivity contribution is 5.48. The molecular weight excluding hydrogens is 174 g/mol. The number of hydrogen-bond donors (Lipinski definition) is 0. The standard InChI is InChI=1S/C12H15NO/c1-4-14-11-7-5-6-10(8-13)12(11)9(2)3/h5-7,9H,4H2,1-3H3. The van der Waals surface area contributed by atoms with E-state index >= 15 is 0 Å². The maximum absolute atomic E-state index is 8.95. The zero-order valence-electron chi connectivity index (χ0n) is 8.87. The van der Waals surface area contributed by atoms with Crippen molar-refractivity contribution in [2.75, 3.05) is 6.61 Å². The summed E-state index contributed by atoms with van der Waals surface area (Å²) in [4.78, 5) is 0. The van der Waals surface area contributed by atoms with Gasteiger partial charge in [0.25, 0.3) is 0 Å². The first kappa shape index (κ1) is 10.6. The van der Waals surface area contributed by atoms with Crippen LogP contribution in [0.25, 0.3) is 0 Å². The van der Waals surface area contributed by atoms with E-state index in [0.29, 0.717) is 18.1 Å². The molecule has 0 N–H and O–H groups in total. The molecular formula is C12H15NO. The Kier molecular flexibility index (Phi) is 3.53. The maximum atomic E-state index is 8.95. The molecule has 0 aliphatic heterocycles. The smallest absolute Gasteiger partial charge is 0.124 e. The topological polar surface area (TPSA) is 33.0 Å². The fourth-order valence-corrected chi connectivity index (χ4v) is 1.52. The van der Waals surface area contributed by atoms with E-state index in [1.54, 1.807) is 0 Å². The monoisotopic (exact) mass is 189 g/mol. The molecule has 0 amide bonds. The van der Waals surface area contributed by atoms with Gasteiger partial charge in [0.2, 0.25) is 0 Å². The Morgan fingerprint density at radius 3 is 2.64 bits per heavy atom. The lowest BCUT2D eigenvalue weighted by atomic mass is 9.97. The van der Waals surface area contributed by atoms with E-state index in [9.17, 15) is 0 Å². The maximum Gasteiger partial charge on any atom is 0.124 e. The van der Waals surface area contributed by atoms with Crippen LogP contribution in [-0.2, 0) is 0 Å². The van der Waals surface area contributed by atoms with E-state index in [1.807, 2.05) is 25.1 Å². The van der Waals surface area contributed by atoms with Crippen LogP contribution in [-0.4, -0.2) is 6.61 Å². The highest BCUT2D eigenvalue weighted by atomic mass is 16.5. The predicted molar refractivity (Wildman–Crippen MR) is 56.4 cm³/mol. The molecule has 1 rings (SSSR count). The molecule has 0 unspecified atom stereocenters. The highest BCUT2D eigenvalue weighted by Crippen LogP contribution is 2.29. The number of benzene rings is 1. The van der Waals surface area contributed by atoms with E-state index in [2.05, 4.69) is 19.9 Å². The molecule has 2 heteroatoms. The fourth-order valence-electron chi connectivity index (χ4n) is 1.52. The zero-order valence-corrected chi connectivity index (χ0v) is 8.87. The second-order valence-electron chi connectivity index (χ2n) is 3.42. The van der Waals surface area contributed by atoms with Gasteiger partial charge in [0.1, 0.15) is 5.75 Å². The second-order valence-corrected chi connectivity index (χ2v) is 3.42. The summed E-state index contributed by atoms with van der Waals surface area (Å²) in [6, 6.07) is 7.80. The van der Waals surface area contributed by atoms with Crippen LogP contribution >= 0.6 is 0 Å². The van der Waals surface area contributed by atoms with Gasteiger partial charge in [-0.2, -0.15) is 5.26 Å². The van der Waals surface area contributed by atoms with Crippen molar-refractivity contribution in [2.24, 2.45) is 0 Å². The number of nitrogens with zero attached hydrogens (tertiary/aromatic N) is 1. The number of ether oxygens (including phenoxy) is 1. The third-order valence-electron chi connectivity index (χ3n) is 2.06. The summed E-state index contributed by atoms with van der Waals surface area (Å²) in [5.41, 5.74) is 1.72. The molecule has 0 aliphatic carbocycles. The molecule has 0 bridgehead atoms. The van der Waals surface area contributed by atoms with Gasteiger partial charge in [-0.05, 0) is 25.0 Å². The first-order chi connectivity index (χ1) is 6.70. The van der Waals surface area contributed by atoms with Crippen molar-refractivity contribution in [3.63, 3.8) is 0 Å². The Morgan fingerprint density at radius 1 is 1.43 bits per heavy atom. The minimum atomic E-state index is 0.312. The molecule has 14 heavy (non-hydrogen) atoms. The van der Waals surface area contributed by atoms with Crippen LogP contribution in [0.1, 0.15) is 37.8 Å². The average Bonchev–Trinajstić information content (AvgIpc) is 2.17. The molecule has 74 valence electrons. The van der Waals surface area contributed by atoms with Crippen molar-refractivity contribution in [1.29, 1.82) is 5.26 Å². The van der Waals surface area contributed by atoms with Gasteiger partial charge in [0.05, 0.1) is 18.2 Å². The summed E-state index contributed by atoms with van der Waals surface area (Å²) in [6.07, 6.45) is 0. The lowest BCUT2D eigenvalue weighted by molar-refractivity contribution is 0.335. The van der Waals surface area contributed by atoms with Crippen LogP contribution < -0.4 is 4.74 Å². The number of nitriles is 1. The largest absolute Gasteiger partial charge is 0.494 e. The van der Waals surface area contributed by atoms with Crippen LogP contribution in [0.4, 0.5) is 0 Å². The number of rotatable bonds is 3. The SMILES string of the molecule is CCOc1cccc(C#N)c1C(C)C. The summed E-state index contributed by atoms with van der Waals surface area (Å²) in [7, 11) is 0. The summed E-state index contributed by atoms with van der Waals surface area (Å²) in [5.74, 6) is 1.15. The van der Waals surface area contributed by atoms with Crippen LogP contribution in [0.2, 0.25) is 0 Å². The Morgan fingerprint density at radius 2 is 2.14 bits per heavy atom.